The Hall–Kier alpha value is -2.55. The van der Waals surface area contributed by atoms with Gasteiger partial charge in [0.15, 0.2) is 5.78 Å². The van der Waals surface area contributed by atoms with Crippen molar-refractivity contribution in [2.24, 2.45) is 34.8 Å². The van der Waals surface area contributed by atoms with E-state index in [0.29, 0.717) is 10.7 Å². The second kappa shape index (κ2) is 7.37. The van der Waals surface area contributed by atoms with Gasteiger partial charge in [-0.1, -0.05) is 12.2 Å². The molecule has 2 bridgehead atoms. The molecule has 4 N–H and O–H groups in total. The van der Waals surface area contributed by atoms with E-state index in [4.69, 9.17) is 5.73 Å². The zero-order valence-electron chi connectivity index (χ0n) is 16.1. The minimum atomic E-state index is -0.473. The summed E-state index contributed by atoms with van der Waals surface area (Å²) in [6.45, 7) is 1.87. The minimum absolute atomic E-state index is 0.0384. The van der Waals surface area contributed by atoms with Gasteiger partial charge in [0, 0.05) is 25.3 Å². The van der Waals surface area contributed by atoms with Crippen LogP contribution < -0.4 is 16.4 Å². The third-order valence-corrected chi connectivity index (χ3v) is 7.29. The third kappa shape index (κ3) is 3.48. The number of thiazole rings is 1. The number of Topliss-reactive ketones (excluding diaryl/α,β-unsaturated/α-hetero) is 1. The van der Waals surface area contributed by atoms with E-state index in [2.05, 4.69) is 27.8 Å². The maximum atomic E-state index is 13.1. The van der Waals surface area contributed by atoms with Crippen LogP contribution in [0.15, 0.2) is 17.5 Å². The number of carbonyl (C=O) groups excluding carboxylic acids is 4. The molecule has 1 aromatic heterocycles. The number of allylic oxidation sites excluding steroid dienone is 2. The molecule has 8 nitrogen and oxygen atoms in total. The number of rotatable bonds is 8. The molecule has 29 heavy (non-hydrogen) atoms. The summed E-state index contributed by atoms with van der Waals surface area (Å²) in [4.78, 5) is 52.5. The average Bonchev–Trinajstić information content (AvgIpc) is 3.07. The quantitative estimate of drug-likeness (QED) is 0.426. The monoisotopic (exact) mass is 416 g/mol. The van der Waals surface area contributed by atoms with Gasteiger partial charge < -0.3 is 16.4 Å². The van der Waals surface area contributed by atoms with Gasteiger partial charge in [0.2, 0.25) is 17.7 Å². The highest BCUT2D eigenvalue weighted by atomic mass is 32.1. The second-order valence-electron chi connectivity index (χ2n) is 8.13. The fraction of sp³-hybridized carbons (Fsp3) is 0.550. The highest BCUT2D eigenvalue weighted by Gasteiger charge is 2.69. The van der Waals surface area contributed by atoms with Gasteiger partial charge in [-0.2, -0.15) is 0 Å². The molecule has 0 saturated heterocycles. The van der Waals surface area contributed by atoms with Crippen molar-refractivity contribution in [2.75, 3.05) is 6.54 Å². The Morgan fingerprint density at radius 1 is 1.14 bits per heavy atom. The van der Waals surface area contributed by atoms with Crippen molar-refractivity contribution in [1.82, 2.24) is 15.6 Å². The summed E-state index contributed by atoms with van der Waals surface area (Å²) < 4.78 is 0. The summed E-state index contributed by atoms with van der Waals surface area (Å²) in [6.07, 6.45) is 6.30. The van der Waals surface area contributed by atoms with Crippen LogP contribution in [0, 0.1) is 29.1 Å². The fourth-order valence-electron chi connectivity index (χ4n) is 4.97. The zero-order chi connectivity index (χ0) is 20.8. The van der Waals surface area contributed by atoms with Gasteiger partial charge in [0.25, 0.3) is 0 Å². The standard InChI is InChI=1S/C20H24N4O4S/c1-10(25)13-9-29-15(24-13)8-23-19(28)17-12-3-2-11(20(12)5-6-20)16(17)18(27)22-7-4-14(21)26/h2-3,9,11-12,16-17H,4-8H2,1H3,(H2,21,26)(H,22,27)(H,23,28)/t11?,12?,16-,17-/m1/s1. The number of hydrogen-bond donors (Lipinski definition) is 3. The van der Waals surface area contributed by atoms with E-state index >= 15 is 0 Å². The first-order valence-electron chi connectivity index (χ1n) is 9.81. The van der Waals surface area contributed by atoms with Crippen molar-refractivity contribution >= 4 is 34.8 Å². The lowest BCUT2D eigenvalue weighted by Gasteiger charge is -2.26. The first-order valence-corrected chi connectivity index (χ1v) is 10.7. The first-order chi connectivity index (χ1) is 13.8. The summed E-state index contributed by atoms with van der Waals surface area (Å²) in [7, 11) is 0. The van der Waals surface area contributed by atoms with E-state index in [0.717, 1.165) is 12.8 Å². The van der Waals surface area contributed by atoms with Gasteiger partial charge in [0.1, 0.15) is 10.7 Å². The minimum Gasteiger partial charge on any atom is -0.370 e. The van der Waals surface area contributed by atoms with Crippen LogP contribution in [0.25, 0.3) is 0 Å². The number of amides is 3. The Labute approximate surface area is 172 Å². The van der Waals surface area contributed by atoms with Crippen molar-refractivity contribution < 1.29 is 19.2 Å². The molecule has 0 aliphatic heterocycles. The largest absolute Gasteiger partial charge is 0.370 e. The molecule has 3 aliphatic rings. The molecule has 3 aliphatic carbocycles. The third-order valence-electron chi connectivity index (χ3n) is 6.44. The Morgan fingerprint density at radius 2 is 1.76 bits per heavy atom. The maximum Gasteiger partial charge on any atom is 0.224 e. The Kier molecular flexibility index (Phi) is 5.02. The van der Waals surface area contributed by atoms with Crippen LogP contribution in [0.1, 0.15) is 41.7 Å². The van der Waals surface area contributed by atoms with Crippen LogP contribution in [0.3, 0.4) is 0 Å². The van der Waals surface area contributed by atoms with Crippen molar-refractivity contribution in [3.8, 4) is 0 Å². The second-order valence-corrected chi connectivity index (χ2v) is 9.07. The summed E-state index contributed by atoms with van der Waals surface area (Å²) >= 11 is 1.33. The number of carbonyl (C=O) groups is 4. The molecule has 9 heteroatoms. The zero-order valence-corrected chi connectivity index (χ0v) is 17.0. The molecule has 4 atom stereocenters. The molecule has 2 fully saturated rings. The predicted molar refractivity (Wildman–Crippen MR) is 106 cm³/mol. The van der Waals surface area contributed by atoms with Crippen molar-refractivity contribution in [2.45, 2.75) is 32.7 Å². The molecule has 4 rings (SSSR count). The van der Waals surface area contributed by atoms with Crippen molar-refractivity contribution in [1.29, 1.82) is 0 Å². The van der Waals surface area contributed by atoms with E-state index in [-0.39, 0.29) is 54.4 Å². The SMILES string of the molecule is CC(=O)c1csc(CNC(=O)[C@@H]2C3C=CC([C@H]2C(=O)NCCC(N)=O)C32CC2)n1. The van der Waals surface area contributed by atoms with E-state index in [1.165, 1.54) is 18.3 Å². The van der Waals surface area contributed by atoms with Crippen LogP contribution in [-0.2, 0) is 20.9 Å². The van der Waals surface area contributed by atoms with Gasteiger partial charge in [-0.3, -0.25) is 19.2 Å². The van der Waals surface area contributed by atoms with Crippen LogP contribution in [-0.4, -0.2) is 35.0 Å². The van der Waals surface area contributed by atoms with Gasteiger partial charge in [-0.15, -0.1) is 11.3 Å². The molecular formula is C20H24N4O4S. The van der Waals surface area contributed by atoms with E-state index in [9.17, 15) is 19.2 Å². The lowest BCUT2D eigenvalue weighted by atomic mass is 9.81. The first kappa shape index (κ1) is 19.8. The fourth-order valence-corrected chi connectivity index (χ4v) is 5.74. The number of hydrogen-bond acceptors (Lipinski definition) is 6. The van der Waals surface area contributed by atoms with Crippen LogP contribution in [0.4, 0.5) is 0 Å². The molecule has 0 radical (unpaired) electrons. The Balaban J connectivity index is 1.45. The number of ketones is 1. The van der Waals surface area contributed by atoms with Crippen LogP contribution in [0.2, 0.25) is 0 Å². The van der Waals surface area contributed by atoms with Gasteiger partial charge >= 0.3 is 0 Å². The smallest absolute Gasteiger partial charge is 0.224 e. The molecular weight excluding hydrogens is 392 g/mol. The normalized spacial score (nSPS) is 27.8. The van der Waals surface area contributed by atoms with Gasteiger partial charge in [-0.05, 0) is 30.1 Å². The van der Waals surface area contributed by atoms with E-state index in [1.807, 2.05) is 0 Å². The molecule has 2 unspecified atom stereocenters. The summed E-state index contributed by atoms with van der Waals surface area (Å²) in [5.41, 5.74) is 5.58. The number of primary amides is 1. The summed E-state index contributed by atoms with van der Waals surface area (Å²) in [5, 5.41) is 8.03. The molecule has 1 heterocycles. The number of nitrogens with one attached hydrogen (secondary N) is 2. The Morgan fingerprint density at radius 3 is 2.28 bits per heavy atom. The lowest BCUT2D eigenvalue weighted by Crippen LogP contribution is -2.44. The predicted octanol–water partition coefficient (Wildman–Crippen LogP) is 0.782. The van der Waals surface area contributed by atoms with Gasteiger partial charge in [-0.25, -0.2) is 4.98 Å². The van der Waals surface area contributed by atoms with E-state index in [1.54, 1.807) is 5.38 Å². The van der Waals surface area contributed by atoms with Gasteiger partial charge in [0.05, 0.1) is 18.4 Å². The summed E-state index contributed by atoms with van der Waals surface area (Å²) in [5.74, 6) is -1.70. The molecule has 2 saturated carbocycles. The molecule has 154 valence electrons. The van der Waals surface area contributed by atoms with E-state index < -0.39 is 17.7 Å². The molecule has 1 spiro atoms. The maximum absolute atomic E-state index is 13.1. The average molecular weight is 417 g/mol. The lowest BCUT2D eigenvalue weighted by molar-refractivity contribution is -0.135. The number of nitrogens with zero attached hydrogens (tertiary/aromatic N) is 1. The van der Waals surface area contributed by atoms with Crippen molar-refractivity contribution in [3.63, 3.8) is 0 Å². The highest BCUT2D eigenvalue weighted by Crippen LogP contribution is 2.72. The molecule has 3 amide bonds. The topological polar surface area (TPSA) is 131 Å². The summed E-state index contributed by atoms with van der Waals surface area (Å²) in [6, 6.07) is 0. The van der Waals surface area contributed by atoms with Crippen molar-refractivity contribution in [3.05, 3.63) is 28.2 Å². The molecule has 0 aromatic carbocycles. The van der Waals surface area contributed by atoms with Crippen LogP contribution >= 0.6 is 11.3 Å². The molecule has 1 aromatic rings. The Bertz CT molecular complexity index is 904. The highest BCUT2D eigenvalue weighted by molar-refractivity contribution is 7.09. The van der Waals surface area contributed by atoms with Crippen LogP contribution in [0.5, 0.6) is 0 Å². The number of aromatic nitrogens is 1. The number of nitrogens with two attached hydrogens (primary N) is 1.